The number of anilines is 9. The Morgan fingerprint density at radius 2 is 0.961 bits per heavy atom. The predicted octanol–water partition coefficient (Wildman–Crippen LogP) is 16.9. The summed E-state index contributed by atoms with van der Waals surface area (Å²) >= 11 is 0. The maximum Gasteiger partial charge on any atom is 0.252 e. The number of fused-ring (bicyclic) bond motifs is 5. The van der Waals surface area contributed by atoms with Crippen LogP contribution in [-0.2, 0) is 16.2 Å². The Morgan fingerprint density at radius 1 is 0.408 bits per heavy atom. The van der Waals surface area contributed by atoms with Gasteiger partial charge in [0.25, 0.3) is 6.71 Å². The molecule has 76 heavy (non-hydrogen) atoms. The predicted molar refractivity (Wildman–Crippen MR) is 322 cm³/mol. The molecule has 0 saturated heterocycles. The highest BCUT2D eigenvalue weighted by Gasteiger charge is 2.45. The zero-order chi connectivity index (χ0) is 52.7. The molecule has 0 spiro atoms. The van der Waals surface area contributed by atoms with E-state index in [1.165, 1.54) is 44.2 Å². The van der Waals surface area contributed by atoms with Crippen LogP contribution in [0.5, 0.6) is 11.5 Å². The van der Waals surface area contributed by atoms with Gasteiger partial charge in [0.05, 0.1) is 18.9 Å². The molecule has 0 saturated carbocycles. The van der Waals surface area contributed by atoms with E-state index in [4.69, 9.17) is 9.47 Å². The van der Waals surface area contributed by atoms with Crippen LogP contribution in [0.25, 0.3) is 22.3 Å². The molecule has 0 aliphatic carbocycles. The molecule has 0 N–H and O–H groups in total. The fraction of sp³-hybridized carbons (Fsp3) is 0.229. The molecule has 9 aromatic carbocycles. The van der Waals surface area contributed by atoms with Gasteiger partial charge in [0.15, 0.2) is 11.5 Å². The number of hydrogen-bond acceptors (Lipinski definition) is 5. The van der Waals surface area contributed by atoms with Gasteiger partial charge in [-0.25, -0.2) is 0 Å². The first-order valence-electron chi connectivity index (χ1n) is 27.2. The van der Waals surface area contributed by atoms with Gasteiger partial charge in [-0.15, -0.1) is 0 Å². The number of rotatable bonds is 7. The van der Waals surface area contributed by atoms with E-state index >= 15 is 0 Å². The van der Waals surface area contributed by atoms with Crippen molar-refractivity contribution in [2.45, 2.75) is 91.9 Å². The van der Waals surface area contributed by atoms with E-state index in [1.54, 1.807) is 0 Å². The van der Waals surface area contributed by atoms with Crippen LogP contribution in [0.15, 0.2) is 194 Å². The lowest BCUT2D eigenvalue weighted by atomic mass is 9.33. The summed E-state index contributed by atoms with van der Waals surface area (Å²) in [5, 5.41) is 0. The van der Waals surface area contributed by atoms with Gasteiger partial charge in [0.2, 0.25) is 0 Å². The topological polar surface area (TPSA) is 28.2 Å². The van der Waals surface area contributed by atoms with Crippen molar-refractivity contribution in [2.24, 2.45) is 0 Å². The number of para-hydroxylation sites is 3. The highest BCUT2D eigenvalue weighted by molar-refractivity contribution is 7.00. The van der Waals surface area contributed by atoms with Crippen molar-refractivity contribution in [3.05, 3.63) is 216 Å². The molecule has 0 fully saturated rings. The van der Waals surface area contributed by atoms with Gasteiger partial charge in [0, 0.05) is 51.9 Å². The van der Waals surface area contributed by atoms with Crippen molar-refractivity contribution in [3.63, 3.8) is 0 Å². The summed E-state index contributed by atoms with van der Waals surface area (Å²) in [7, 11) is 0. The van der Waals surface area contributed by atoms with Crippen LogP contribution >= 0.6 is 0 Å². The lowest BCUT2D eigenvalue weighted by molar-refractivity contribution is 0.297. The average Bonchev–Trinajstić information content (AvgIpc) is 3.82. The molecule has 0 radical (unpaired) electrons. The zero-order valence-electron chi connectivity index (χ0n) is 45.8. The quantitative estimate of drug-likeness (QED) is 0.148. The Balaban J connectivity index is 1.17. The average molecular weight is 994 g/mol. The molecular weight excluding hydrogens is 926 g/mol. The minimum atomic E-state index is -0.0987. The number of ether oxygens (including phenoxy) is 2. The summed E-state index contributed by atoms with van der Waals surface area (Å²) in [4.78, 5) is 7.44. The van der Waals surface area contributed by atoms with Crippen LogP contribution in [-0.4, -0.2) is 19.9 Å². The molecule has 0 bridgehead atoms. The third-order valence-corrected chi connectivity index (χ3v) is 15.7. The Labute approximate surface area is 451 Å². The molecule has 378 valence electrons. The van der Waals surface area contributed by atoms with Gasteiger partial charge >= 0.3 is 0 Å². The van der Waals surface area contributed by atoms with Crippen LogP contribution in [0.2, 0.25) is 0 Å². The first-order chi connectivity index (χ1) is 36.5. The highest BCUT2D eigenvalue weighted by atomic mass is 16.5. The van der Waals surface area contributed by atoms with Crippen LogP contribution in [0.1, 0.15) is 91.0 Å². The molecule has 0 aromatic heterocycles. The third-order valence-electron chi connectivity index (χ3n) is 15.7. The Morgan fingerprint density at radius 3 is 1.54 bits per heavy atom. The smallest absolute Gasteiger partial charge is 0.252 e. The maximum absolute atomic E-state index is 6.70. The van der Waals surface area contributed by atoms with Crippen LogP contribution in [0.3, 0.4) is 0 Å². The van der Waals surface area contributed by atoms with Gasteiger partial charge in [-0.1, -0.05) is 172 Å². The van der Waals surface area contributed by atoms with Gasteiger partial charge in [-0.2, -0.15) is 0 Å². The summed E-state index contributed by atoms with van der Waals surface area (Å²) in [6.07, 6.45) is 0.823. The van der Waals surface area contributed by atoms with E-state index in [9.17, 15) is 0 Å². The molecule has 3 heterocycles. The normalized spacial score (nSPS) is 13.9. The molecular formula is C70H68BN3O2. The van der Waals surface area contributed by atoms with Gasteiger partial charge < -0.3 is 24.2 Å². The molecule has 3 aliphatic rings. The molecule has 5 nitrogen and oxygen atoms in total. The fourth-order valence-electron chi connectivity index (χ4n) is 11.6. The second kappa shape index (κ2) is 18.7. The van der Waals surface area contributed by atoms with E-state index < -0.39 is 0 Å². The van der Waals surface area contributed by atoms with Crippen molar-refractivity contribution < 1.29 is 9.47 Å². The minimum Gasteiger partial charge on any atom is -0.489 e. The van der Waals surface area contributed by atoms with Crippen molar-refractivity contribution in [3.8, 4) is 33.8 Å². The van der Waals surface area contributed by atoms with Crippen molar-refractivity contribution in [1.29, 1.82) is 0 Å². The summed E-state index contributed by atoms with van der Waals surface area (Å²) in [5.74, 6) is 1.56. The molecule has 0 amide bonds. The number of aryl methyl sites for hydroxylation is 1. The summed E-state index contributed by atoms with van der Waals surface area (Å²) in [6.45, 7) is 24.0. The molecule has 0 unspecified atom stereocenters. The van der Waals surface area contributed by atoms with Crippen LogP contribution in [0, 0.1) is 6.92 Å². The lowest BCUT2D eigenvalue weighted by Crippen LogP contribution is -2.61. The van der Waals surface area contributed by atoms with E-state index in [0.29, 0.717) is 13.2 Å². The van der Waals surface area contributed by atoms with Crippen LogP contribution < -0.4 is 40.6 Å². The largest absolute Gasteiger partial charge is 0.489 e. The van der Waals surface area contributed by atoms with E-state index in [-0.39, 0.29) is 23.0 Å². The van der Waals surface area contributed by atoms with E-state index in [1.807, 2.05) is 6.07 Å². The number of benzene rings is 9. The standard InChI is InChI=1S/C70H68BN3O2/c1-46-39-63-66-64(40-46)74(61-23-17-24-65-67(61)76-38-18-37-75-65)60-36-33-53(70(8,9)10)44-59(60)71(66)58-35-34-56(72(54-19-13-11-14-20-54)55-21-15-12-16-22-55)45-62(58)73(63)57-42-49(47-25-29-51(30-26-47)68(2,3)4)41-50(43-57)48-27-31-52(32-28-48)69(5,6)7/h11-17,19-36,39-45H,18,37-38H2,1-10H3. The molecule has 9 aromatic rings. The number of hydrogen-bond donors (Lipinski definition) is 0. The minimum absolute atomic E-state index is 0.0291. The summed E-state index contributed by atoms with van der Waals surface area (Å²) < 4.78 is 13.1. The second-order valence-electron chi connectivity index (χ2n) is 24.2. The SMILES string of the molecule is Cc1cc2c3c(c1)N(c1cccc4c1OCCCO4)c1ccc(C(C)(C)C)cc1B3c1ccc(N(c3ccccc3)c3ccccc3)cc1N2c1cc(-c2ccc(C(C)(C)C)cc2)cc(-c2ccc(C(C)(C)C)cc2)c1. The Bertz CT molecular complexity index is 3530. The van der Waals surface area contributed by atoms with Crippen LogP contribution in [0.4, 0.5) is 51.2 Å². The summed E-state index contributed by atoms with van der Waals surface area (Å²) in [6, 6.07) is 72.8. The zero-order valence-corrected chi connectivity index (χ0v) is 45.8. The number of nitrogens with zero attached hydrogens (tertiary/aromatic N) is 3. The lowest BCUT2D eigenvalue weighted by Gasteiger charge is -2.45. The van der Waals surface area contributed by atoms with E-state index in [2.05, 4.69) is 272 Å². The van der Waals surface area contributed by atoms with Gasteiger partial charge in [-0.3, -0.25) is 0 Å². The maximum atomic E-state index is 6.70. The van der Waals surface area contributed by atoms with E-state index in [0.717, 1.165) is 85.8 Å². The molecule has 3 aliphatic heterocycles. The monoisotopic (exact) mass is 994 g/mol. The van der Waals surface area contributed by atoms with Crippen molar-refractivity contribution >= 4 is 74.3 Å². The van der Waals surface area contributed by atoms with Crippen molar-refractivity contribution in [2.75, 3.05) is 27.9 Å². The molecule has 6 heteroatoms. The first-order valence-corrected chi connectivity index (χ1v) is 27.2. The fourth-order valence-corrected chi connectivity index (χ4v) is 11.6. The first kappa shape index (κ1) is 49.0. The third kappa shape index (κ3) is 8.81. The second-order valence-corrected chi connectivity index (χ2v) is 24.2. The highest BCUT2D eigenvalue weighted by Crippen LogP contribution is 2.51. The van der Waals surface area contributed by atoms with Crippen molar-refractivity contribution in [1.82, 2.24) is 0 Å². The Hall–Kier alpha value is -7.96. The molecule has 0 atom stereocenters. The molecule has 12 rings (SSSR count). The van der Waals surface area contributed by atoms with Gasteiger partial charge in [0.1, 0.15) is 0 Å². The Kier molecular flexibility index (Phi) is 12.0. The van der Waals surface area contributed by atoms with Gasteiger partial charge in [-0.05, 0) is 169 Å². The summed E-state index contributed by atoms with van der Waals surface area (Å²) in [5.41, 5.74) is 23.4.